The van der Waals surface area contributed by atoms with E-state index in [2.05, 4.69) is 0 Å². The highest BCUT2D eigenvalue weighted by molar-refractivity contribution is 5.87. The van der Waals surface area contributed by atoms with Crippen molar-refractivity contribution in [2.75, 3.05) is 27.9 Å². The van der Waals surface area contributed by atoms with E-state index in [1.165, 1.54) is 19.6 Å². The van der Waals surface area contributed by atoms with Crippen molar-refractivity contribution in [2.45, 2.75) is 25.2 Å². The minimum Gasteiger partial charge on any atom is -0.376 e. The summed E-state index contributed by atoms with van der Waals surface area (Å²) < 4.78 is 0. The lowest BCUT2D eigenvalue weighted by molar-refractivity contribution is -0.0444. The average molecular weight is 242 g/mol. The van der Waals surface area contributed by atoms with E-state index in [9.17, 15) is 14.7 Å². The molecule has 2 unspecified atom stereocenters. The summed E-state index contributed by atoms with van der Waals surface area (Å²) in [4.78, 5) is 29.9. The van der Waals surface area contributed by atoms with Gasteiger partial charge in [-0.1, -0.05) is 0 Å². The van der Waals surface area contributed by atoms with Gasteiger partial charge in [0.15, 0.2) is 11.3 Å². The first-order valence-corrected chi connectivity index (χ1v) is 5.42. The van der Waals surface area contributed by atoms with Crippen molar-refractivity contribution >= 4 is 12.1 Å². The Morgan fingerprint density at radius 2 is 1.35 bits per heavy atom. The first-order chi connectivity index (χ1) is 7.74. The number of urea groups is 2. The third-order valence-electron chi connectivity index (χ3n) is 4.62. The van der Waals surface area contributed by atoms with Gasteiger partial charge in [-0.25, -0.2) is 9.59 Å². The molecule has 2 atom stereocenters. The number of nitrogens with zero attached hydrogens (tertiary/aromatic N) is 4. The molecule has 2 saturated heterocycles. The summed E-state index contributed by atoms with van der Waals surface area (Å²) in [5.74, 6) is 0. The second kappa shape index (κ2) is 3.04. The van der Waals surface area contributed by atoms with Crippen molar-refractivity contribution in [1.82, 2.24) is 19.6 Å². The van der Waals surface area contributed by atoms with E-state index in [4.69, 9.17) is 0 Å². The summed E-state index contributed by atoms with van der Waals surface area (Å²) >= 11 is 0. The number of rotatable bonds is 1. The normalized spacial score (nSPS) is 37.3. The minimum atomic E-state index is -0.876. The number of amides is 4. The Hall–Kier alpha value is -1.50. The largest absolute Gasteiger partial charge is 0.376 e. The van der Waals surface area contributed by atoms with Crippen LogP contribution in [-0.4, -0.2) is 76.0 Å². The number of aliphatic hydroxyl groups is 1. The summed E-state index contributed by atoms with van der Waals surface area (Å²) in [6.45, 7) is 3.19. The Morgan fingerprint density at radius 1 is 0.941 bits per heavy atom. The second-order valence-electron chi connectivity index (χ2n) is 4.85. The molecule has 0 aromatic carbocycles. The van der Waals surface area contributed by atoms with E-state index in [1.54, 1.807) is 28.1 Å². The summed E-state index contributed by atoms with van der Waals surface area (Å²) in [5, 5.41) is 9.39. The van der Waals surface area contributed by atoms with Crippen LogP contribution in [0.4, 0.5) is 9.59 Å². The highest BCUT2D eigenvalue weighted by Gasteiger charge is 2.71. The Balaban J connectivity index is 2.65. The monoisotopic (exact) mass is 242 g/mol. The number of aliphatic hydroxyl groups excluding tert-OH is 1. The van der Waals surface area contributed by atoms with Crippen LogP contribution in [0.25, 0.3) is 0 Å². The van der Waals surface area contributed by atoms with Gasteiger partial charge >= 0.3 is 12.1 Å². The number of likely N-dealkylation sites (N-methyl/N-ethyl adjacent to an activating group) is 3. The molecule has 0 aromatic rings. The van der Waals surface area contributed by atoms with Crippen molar-refractivity contribution < 1.29 is 14.7 Å². The molecule has 1 N–H and O–H groups in total. The smallest absolute Gasteiger partial charge is 0.325 e. The number of hydrogen-bond donors (Lipinski definition) is 1. The highest BCUT2D eigenvalue weighted by Crippen LogP contribution is 2.48. The summed E-state index contributed by atoms with van der Waals surface area (Å²) in [5.41, 5.74) is -1.67. The summed E-state index contributed by atoms with van der Waals surface area (Å²) in [6.07, 6.45) is 0. The molecule has 0 spiro atoms. The maximum Gasteiger partial charge on any atom is 0.325 e. The third-order valence-corrected chi connectivity index (χ3v) is 4.62. The Kier molecular flexibility index (Phi) is 2.14. The molecule has 0 radical (unpaired) electrons. The van der Waals surface area contributed by atoms with Crippen molar-refractivity contribution in [2.24, 2.45) is 0 Å². The van der Waals surface area contributed by atoms with Gasteiger partial charge in [0.2, 0.25) is 0 Å². The maximum atomic E-state index is 12.1. The highest BCUT2D eigenvalue weighted by atomic mass is 16.3. The van der Waals surface area contributed by atoms with Gasteiger partial charge < -0.3 is 19.8 Å². The minimum absolute atomic E-state index is 0.173. The van der Waals surface area contributed by atoms with Crippen molar-refractivity contribution in [1.29, 1.82) is 0 Å². The SMILES string of the molecule is CN1C(=O)N(C)C2(C)N(CO)C(=O)N(C)C12C. The van der Waals surface area contributed by atoms with Gasteiger partial charge in [-0.3, -0.25) is 4.90 Å². The zero-order chi connectivity index (χ0) is 13.2. The molecule has 2 aliphatic heterocycles. The molecule has 2 heterocycles. The van der Waals surface area contributed by atoms with Crippen molar-refractivity contribution in [3.63, 3.8) is 0 Å². The molecule has 0 aliphatic carbocycles. The Bertz CT molecular complexity index is 401. The molecular weight excluding hydrogens is 224 g/mol. The molecule has 7 nitrogen and oxygen atoms in total. The van der Waals surface area contributed by atoms with Crippen LogP contribution in [0.2, 0.25) is 0 Å². The van der Waals surface area contributed by atoms with Crippen LogP contribution in [0.1, 0.15) is 13.8 Å². The molecule has 4 amide bonds. The van der Waals surface area contributed by atoms with E-state index in [0.717, 1.165) is 0 Å². The molecule has 2 rings (SSSR count). The molecule has 7 heteroatoms. The fraction of sp³-hybridized carbons (Fsp3) is 0.800. The standard InChI is InChI=1S/C10H18N4O3/c1-9-10(2,12(4)7(16)11(9)3)14(6-15)8(17)13(9)5/h15H,6H2,1-5H3. The average Bonchev–Trinajstić information content (AvgIpc) is 2.54. The first-order valence-electron chi connectivity index (χ1n) is 5.42. The van der Waals surface area contributed by atoms with Gasteiger partial charge in [0.05, 0.1) is 0 Å². The quantitative estimate of drug-likeness (QED) is 0.688. The number of carbonyl (C=O) groups excluding carboxylic acids is 2. The fourth-order valence-corrected chi connectivity index (χ4v) is 2.96. The first kappa shape index (κ1) is 12.0. The number of carbonyl (C=O) groups is 2. The number of fused-ring (bicyclic) bond motifs is 1. The molecule has 0 saturated carbocycles. The van der Waals surface area contributed by atoms with Crippen LogP contribution < -0.4 is 0 Å². The summed E-state index contributed by atoms with van der Waals surface area (Å²) in [6, 6.07) is -0.462. The maximum absolute atomic E-state index is 12.1. The van der Waals surface area contributed by atoms with E-state index in [1.807, 2.05) is 6.92 Å². The van der Waals surface area contributed by atoms with Gasteiger partial charge in [-0.05, 0) is 13.8 Å². The van der Waals surface area contributed by atoms with Crippen molar-refractivity contribution in [3.8, 4) is 0 Å². The predicted octanol–water partition coefficient (Wildman–Crippen LogP) is -0.267. The van der Waals surface area contributed by atoms with Crippen LogP contribution in [-0.2, 0) is 0 Å². The molecule has 2 aliphatic rings. The zero-order valence-corrected chi connectivity index (χ0v) is 10.8. The Morgan fingerprint density at radius 3 is 1.82 bits per heavy atom. The topological polar surface area (TPSA) is 67.3 Å². The zero-order valence-electron chi connectivity index (χ0n) is 10.8. The van der Waals surface area contributed by atoms with Crippen LogP contribution in [0.15, 0.2) is 0 Å². The van der Waals surface area contributed by atoms with Crippen LogP contribution in [0.5, 0.6) is 0 Å². The molecule has 0 bridgehead atoms. The van der Waals surface area contributed by atoms with E-state index >= 15 is 0 Å². The van der Waals surface area contributed by atoms with Gasteiger partial charge in [0.25, 0.3) is 0 Å². The molecule has 17 heavy (non-hydrogen) atoms. The molecule has 96 valence electrons. The predicted molar refractivity (Wildman–Crippen MR) is 59.8 cm³/mol. The van der Waals surface area contributed by atoms with Crippen LogP contribution >= 0.6 is 0 Å². The molecule has 0 aromatic heterocycles. The van der Waals surface area contributed by atoms with Crippen LogP contribution in [0.3, 0.4) is 0 Å². The van der Waals surface area contributed by atoms with Gasteiger partial charge in [-0.2, -0.15) is 0 Å². The van der Waals surface area contributed by atoms with Gasteiger partial charge in [0.1, 0.15) is 6.73 Å². The van der Waals surface area contributed by atoms with E-state index < -0.39 is 18.1 Å². The third kappa shape index (κ3) is 0.925. The fourth-order valence-electron chi connectivity index (χ4n) is 2.96. The van der Waals surface area contributed by atoms with E-state index in [0.29, 0.717) is 0 Å². The van der Waals surface area contributed by atoms with Gasteiger partial charge in [0, 0.05) is 21.1 Å². The second-order valence-corrected chi connectivity index (χ2v) is 4.85. The Labute approximate surface area is 100 Å². The number of hydrogen-bond acceptors (Lipinski definition) is 3. The summed E-state index contributed by atoms with van der Waals surface area (Å²) in [7, 11) is 4.94. The van der Waals surface area contributed by atoms with Gasteiger partial charge in [-0.15, -0.1) is 0 Å². The van der Waals surface area contributed by atoms with Crippen molar-refractivity contribution in [3.05, 3.63) is 0 Å². The lowest BCUT2D eigenvalue weighted by atomic mass is 9.96. The lowest BCUT2D eigenvalue weighted by Crippen LogP contribution is -2.63. The molecular formula is C10H18N4O3. The van der Waals surface area contributed by atoms with E-state index in [-0.39, 0.29) is 12.1 Å². The molecule has 2 fully saturated rings. The van der Waals surface area contributed by atoms with Crippen LogP contribution in [0, 0.1) is 0 Å². The lowest BCUT2D eigenvalue weighted by Gasteiger charge is -2.43.